The van der Waals surface area contributed by atoms with E-state index in [1.165, 1.54) is 16.7 Å². The number of benzene rings is 2. The number of pyridine rings is 1. The molecule has 136 valence electrons. The van der Waals surface area contributed by atoms with E-state index in [0.29, 0.717) is 22.8 Å². The Morgan fingerprint density at radius 2 is 1.54 bits per heavy atom. The summed E-state index contributed by atoms with van der Waals surface area (Å²) < 4.78 is 1.48. The third kappa shape index (κ3) is 3.59. The Balaban J connectivity index is 1.93. The Hall–Kier alpha value is -3.99. The average molecular weight is 367 g/mol. The quantitative estimate of drug-likeness (QED) is 0.545. The Bertz CT molecular complexity index is 1170. The van der Waals surface area contributed by atoms with Crippen molar-refractivity contribution in [3.8, 4) is 16.9 Å². The lowest BCUT2D eigenvalue weighted by Crippen LogP contribution is -2.21. The second kappa shape index (κ2) is 7.72. The molecule has 0 saturated heterocycles. The summed E-state index contributed by atoms with van der Waals surface area (Å²) in [5, 5.41) is 10.6. The van der Waals surface area contributed by atoms with Crippen LogP contribution in [0.2, 0.25) is 0 Å². The van der Waals surface area contributed by atoms with Crippen molar-refractivity contribution in [1.82, 2.24) is 14.5 Å². The smallest absolute Gasteiger partial charge is 0.258 e. The largest absolute Gasteiger partial charge is 0.507 e. The lowest BCUT2D eigenvalue weighted by Gasteiger charge is -2.12. The van der Waals surface area contributed by atoms with Gasteiger partial charge in [0.2, 0.25) is 0 Å². The molecule has 0 aliphatic rings. The highest BCUT2D eigenvalue weighted by Gasteiger charge is 2.12. The fourth-order valence-electron chi connectivity index (χ4n) is 2.92. The minimum Gasteiger partial charge on any atom is -0.507 e. The van der Waals surface area contributed by atoms with Gasteiger partial charge in [0.15, 0.2) is 0 Å². The van der Waals surface area contributed by atoms with E-state index in [9.17, 15) is 9.90 Å². The van der Waals surface area contributed by atoms with Crippen molar-refractivity contribution in [1.29, 1.82) is 0 Å². The summed E-state index contributed by atoms with van der Waals surface area (Å²) in [6, 6.07) is 23.6. The van der Waals surface area contributed by atoms with Crippen LogP contribution in [0, 0.1) is 0 Å². The van der Waals surface area contributed by atoms with Crippen molar-refractivity contribution < 1.29 is 5.11 Å². The molecule has 2 aromatic carbocycles. The summed E-state index contributed by atoms with van der Waals surface area (Å²) in [7, 11) is 0. The van der Waals surface area contributed by atoms with E-state index in [4.69, 9.17) is 0 Å². The highest BCUT2D eigenvalue weighted by Crippen LogP contribution is 2.20. The van der Waals surface area contributed by atoms with Crippen LogP contribution < -0.4 is 5.56 Å². The van der Waals surface area contributed by atoms with Crippen molar-refractivity contribution >= 4 is 11.8 Å². The second-order valence-corrected chi connectivity index (χ2v) is 6.14. The first-order valence-electron chi connectivity index (χ1n) is 8.78. The molecule has 0 fully saturated rings. The molecule has 2 aromatic heterocycles. The third-order valence-electron chi connectivity index (χ3n) is 4.27. The van der Waals surface area contributed by atoms with Crippen LogP contribution in [0.4, 0.5) is 0 Å². The molecule has 0 amide bonds. The maximum absolute atomic E-state index is 13.0. The van der Waals surface area contributed by atoms with Crippen LogP contribution in [0.15, 0.2) is 96.1 Å². The van der Waals surface area contributed by atoms with Gasteiger partial charge in [-0.3, -0.25) is 14.3 Å². The first kappa shape index (κ1) is 17.4. The number of hydrogen-bond acceptors (Lipinski definition) is 4. The first-order chi connectivity index (χ1) is 13.7. The summed E-state index contributed by atoms with van der Waals surface area (Å²) in [6.45, 7) is 0. The number of aliphatic hydroxyl groups is 1. The number of para-hydroxylation sites is 1. The van der Waals surface area contributed by atoms with Crippen LogP contribution in [-0.4, -0.2) is 19.6 Å². The Morgan fingerprint density at radius 3 is 2.21 bits per heavy atom. The van der Waals surface area contributed by atoms with E-state index in [0.717, 1.165) is 5.56 Å². The zero-order valence-electron chi connectivity index (χ0n) is 14.9. The fourth-order valence-corrected chi connectivity index (χ4v) is 2.92. The van der Waals surface area contributed by atoms with Gasteiger partial charge in [0.05, 0.1) is 11.4 Å². The predicted octanol–water partition coefficient (Wildman–Crippen LogP) is 4.35. The molecular formula is C23H17N3O2. The topological polar surface area (TPSA) is 68.0 Å². The highest BCUT2D eigenvalue weighted by atomic mass is 16.3. The number of aromatic nitrogens is 3. The normalized spacial score (nSPS) is 11.4. The summed E-state index contributed by atoms with van der Waals surface area (Å²) in [6.07, 6.45) is 4.69. The average Bonchev–Trinajstić information content (AvgIpc) is 2.75. The van der Waals surface area contributed by atoms with Crippen LogP contribution in [0.25, 0.3) is 28.8 Å². The molecule has 4 rings (SSSR count). The van der Waals surface area contributed by atoms with E-state index < -0.39 is 0 Å². The minimum atomic E-state index is -0.228. The first-order valence-corrected chi connectivity index (χ1v) is 8.78. The molecule has 0 unspecified atom stereocenters. The highest BCUT2D eigenvalue weighted by molar-refractivity contribution is 5.75. The molecule has 4 aromatic rings. The molecule has 0 atom stereocenters. The van der Waals surface area contributed by atoms with Crippen LogP contribution in [0.3, 0.4) is 0 Å². The van der Waals surface area contributed by atoms with E-state index in [1.807, 2.05) is 60.7 Å². The zero-order valence-corrected chi connectivity index (χ0v) is 14.9. The standard InChI is InChI=1S/C23H17N3O2/c27-21(18-11-13-24-14-12-18)16-22-25-20(17-7-3-1-4-8-17)15-23(28)26(22)19-9-5-2-6-10-19/h1-16,27H. The van der Waals surface area contributed by atoms with Crippen molar-refractivity contribution in [2.75, 3.05) is 0 Å². The predicted molar refractivity (Wildman–Crippen MR) is 110 cm³/mol. The lowest BCUT2D eigenvalue weighted by molar-refractivity contribution is 0.515. The summed E-state index contributed by atoms with van der Waals surface area (Å²) in [5.41, 5.74) is 2.42. The number of nitrogens with zero attached hydrogens (tertiary/aromatic N) is 3. The van der Waals surface area contributed by atoms with Gasteiger partial charge in [-0.15, -0.1) is 0 Å². The van der Waals surface area contributed by atoms with Crippen molar-refractivity contribution in [3.63, 3.8) is 0 Å². The van der Waals surface area contributed by atoms with Gasteiger partial charge in [-0.1, -0.05) is 48.5 Å². The van der Waals surface area contributed by atoms with Gasteiger partial charge in [0.25, 0.3) is 5.56 Å². The van der Waals surface area contributed by atoms with E-state index >= 15 is 0 Å². The SMILES string of the molecule is O=c1cc(-c2ccccc2)nc(C=C(O)c2ccncc2)n1-c1ccccc1. The van der Waals surface area contributed by atoms with E-state index in [-0.39, 0.29) is 11.3 Å². The van der Waals surface area contributed by atoms with Gasteiger partial charge in [0, 0.05) is 35.7 Å². The van der Waals surface area contributed by atoms with Crippen molar-refractivity contribution in [2.24, 2.45) is 0 Å². The molecule has 0 aliphatic carbocycles. The monoisotopic (exact) mass is 367 g/mol. The maximum atomic E-state index is 13.0. The fraction of sp³-hybridized carbons (Fsp3) is 0. The molecule has 0 bridgehead atoms. The molecule has 0 aliphatic heterocycles. The second-order valence-electron chi connectivity index (χ2n) is 6.14. The zero-order chi connectivity index (χ0) is 19.3. The van der Waals surface area contributed by atoms with Crippen LogP contribution in [-0.2, 0) is 0 Å². The molecule has 0 radical (unpaired) electrons. The summed E-state index contributed by atoms with van der Waals surface area (Å²) >= 11 is 0. The van der Waals surface area contributed by atoms with Gasteiger partial charge in [-0.25, -0.2) is 4.98 Å². The van der Waals surface area contributed by atoms with Gasteiger partial charge in [0.1, 0.15) is 11.6 Å². The Kier molecular flexibility index (Phi) is 4.80. The van der Waals surface area contributed by atoms with Crippen LogP contribution in [0.1, 0.15) is 11.4 Å². The molecular weight excluding hydrogens is 350 g/mol. The molecule has 1 N–H and O–H groups in total. The maximum Gasteiger partial charge on any atom is 0.258 e. The number of hydrogen-bond donors (Lipinski definition) is 1. The van der Waals surface area contributed by atoms with Gasteiger partial charge >= 0.3 is 0 Å². The molecule has 0 spiro atoms. The minimum absolute atomic E-state index is 0.00388. The molecule has 5 nitrogen and oxygen atoms in total. The van der Waals surface area contributed by atoms with E-state index in [1.54, 1.807) is 24.5 Å². The van der Waals surface area contributed by atoms with Crippen LogP contribution >= 0.6 is 0 Å². The lowest BCUT2D eigenvalue weighted by atomic mass is 10.1. The molecule has 0 saturated carbocycles. The number of aliphatic hydroxyl groups excluding tert-OH is 1. The molecule has 5 heteroatoms. The third-order valence-corrected chi connectivity index (χ3v) is 4.27. The number of rotatable bonds is 4. The molecule has 2 heterocycles. The van der Waals surface area contributed by atoms with Crippen molar-refractivity contribution in [2.45, 2.75) is 0 Å². The van der Waals surface area contributed by atoms with Gasteiger partial charge in [-0.05, 0) is 24.3 Å². The van der Waals surface area contributed by atoms with E-state index in [2.05, 4.69) is 9.97 Å². The van der Waals surface area contributed by atoms with Gasteiger partial charge in [-0.2, -0.15) is 0 Å². The molecule has 28 heavy (non-hydrogen) atoms. The summed E-state index contributed by atoms with van der Waals surface area (Å²) in [5.74, 6) is 0.344. The van der Waals surface area contributed by atoms with Crippen LogP contribution in [0.5, 0.6) is 0 Å². The van der Waals surface area contributed by atoms with Crippen molar-refractivity contribution in [3.05, 3.63) is 113 Å². The van der Waals surface area contributed by atoms with Gasteiger partial charge < -0.3 is 5.11 Å². The summed E-state index contributed by atoms with van der Waals surface area (Å²) in [4.78, 5) is 21.6. The Labute approximate surface area is 161 Å². The Morgan fingerprint density at radius 1 is 0.893 bits per heavy atom.